The number of likely N-dealkylation sites (N-methyl/N-ethyl adjacent to an activating group) is 1. The van der Waals surface area contributed by atoms with E-state index in [1.54, 1.807) is 4.90 Å². The predicted octanol–water partition coefficient (Wildman–Crippen LogP) is 2.47. The van der Waals surface area contributed by atoms with E-state index in [4.69, 9.17) is 5.73 Å². The molecule has 1 aromatic heterocycles. The lowest BCUT2D eigenvalue weighted by Gasteiger charge is -2.44. The molecular formula is C25H33N5O4S. The second-order valence-electron chi connectivity index (χ2n) is 9.20. The van der Waals surface area contributed by atoms with Gasteiger partial charge in [0.1, 0.15) is 5.00 Å². The Morgan fingerprint density at radius 2 is 1.89 bits per heavy atom. The number of nitrogens with one attached hydrogen (secondary N) is 2. The summed E-state index contributed by atoms with van der Waals surface area (Å²) in [6.45, 7) is 4.60. The Kier molecular flexibility index (Phi) is 7.73. The van der Waals surface area contributed by atoms with E-state index in [0.29, 0.717) is 43.2 Å². The van der Waals surface area contributed by atoms with Crippen molar-refractivity contribution in [3.63, 3.8) is 0 Å². The van der Waals surface area contributed by atoms with Crippen LogP contribution in [-0.4, -0.2) is 77.1 Å². The maximum atomic E-state index is 13.4. The quantitative estimate of drug-likeness (QED) is 0.486. The molecule has 188 valence electrons. The normalized spacial score (nSPS) is 21.5. The molecule has 0 radical (unpaired) electrons. The van der Waals surface area contributed by atoms with E-state index in [9.17, 15) is 19.5 Å². The van der Waals surface area contributed by atoms with Gasteiger partial charge in [0.05, 0.1) is 5.56 Å². The fourth-order valence-corrected chi connectivity index (χ4v) is 6.05. The smallest absolute Gasteiger partial charge is 0.317 e. The van der Waals surface area contributed by atoms with Crippen LogP contribution in [0.5, 0.6) is 0 Å². The molecule has 0 saturated carbocycles. The summed E-state index contributed by atoms with van der Waals surface area (Å²) in [6, 6.07) is 11.0. The summed E-state index contributed by atoms with van der Waals surface area (Å²) in [7, 11) is 0. The molecule has 4 amide bonds. The van der Waals surface area contributed by atoms with Crippen molar-refractivity contribution in [3.05, 3.63) is 42.0 Å². The number of piperidine rings is 2. The van der Waals surface area contributed by atoms with Gasteiger partial charge >= 0.3 is 6.03 Å². The molecular weight excluding hydrogens is 466 g/mol. The molecule has 1 aromatic carbocycles. The summed E-state index contributed by atoms with van der Waals surface area (Å²) in [4.78, 5) is 42.3. The monoisotopic (exact) mass is 499 g/mol. The zero-order valence-electron chi connectivity index (χ0n) is 20.0. The van der Waals surface area contributed by atoms with Crippen LogP contribution in [0.4, 0.5) is 9.80 Å². The lowest BCUT2D eigenvalue weighted by atomic mass is 9.89. The molecule has 2 fully saturated rings. The number of amides is 4. The number of hydrogen-bond acceptors (Lipinski definition) is 6. The molecule has 10 heteroatoms. The molecule has 9 nitrogen and oxygen atoms in total. The van der Waals surface area contributed by atoms with Gasteiger partial charge in [0, 0.05) is 37.1 Å². The third kappa shape index (κ3) is 5.66. The third-order valence-corrected chi connectivity index (χ3v) is 7.89. The van der Waals surface area contributed by atoms with Gasteiger partial charge in [-0.3, -0.25) is 19.8 Å². The number of benzene rings is 1. The predicted molar refractivity (Wildman–Crippen MR) is 136 cm³/mol. The Morgan fingerprint density at radius 1 is 1.17 bits per heavy atom. The van der Waals surface area contributed by atoms with Gasteiger partial charge in [0.2, 0.25) is 0 Å². The van der Waals surface area contributed by atoms with Gasteiger partial charge in [-0.2, -0.15) is 0 Å². The number of hydrogen-bond donors (Lipinski definition) is 4. The van der Waals surface area contributed by atoms with Gasteiger partial charge in [0.15, 0.2) is 5.60 Å². The van der Waals surface area contributed by atoms with E-state index in [-0.39, 0.29) is 17.9 Å². The first-order valence-electron chi connectivity index (χ1n) is 12.1. The summed E-state index contributed by atoms with van der Waals surface area (Å²) in [6.07, 6.45) is 2.73. The summed E-state index contributed by atoms with van der Waals surface area (Å²) >= 11 is 1.33. The molecule has 1 unspecified atom stereocenters. The number of likely N-dealkylation sites (tertiary alicyclic amines) is 2. The van der Waals surface area contributed by atoms with Gasteiger partial charge in [-0.15, -0.1) is 11.3 Å². The van der Waals surface area contributed by atoms with Gasteiger partial charge < -0.3 is 21.1 Å². The fourth-order valence-electron chi connectivity index (χ4n) is 4.99. The van der Waals surface area contributed by atoms with Crippen molar-refractivity contribution >= 4 is 34.2 Å². The molecule has 2 aliphatic heterocycles. The number of carbonyl (C=O) groups is 3. The highest BCUT2D eigenvalue weighted by Crippen LogP contribution is 2.37. The van der Waals surface area contributed by atoms with Crippen LogP contribution in [0.1, 0.15) is 43.0 Å². The molecule has 0 spiro atoms. The minimum Gasteiger partial charge on any atom is -0.379 e. The number of β-amino-alcohol motifs (C(OH)–C–C–N with tert-alkyl or cyclic N) is 1. The Labute approximate surface area is 209 Å². The molecule has 0 bridgehead atoms. The summed E-state index contributed by atoms with van der Waals surface area (Å²) in [5, 5.41) is 16.7. The van der Waals surface area contributed by atoms with Crippen molar-refractivity contribution < 1.29 is 19.5 Å². The number of rotatable bonds is 6. The number of nitrogens with zero attached hydrogens (tertiary/aromatic N) is 2. The highest BCUT2D eigenvalue weighted by Gasteiger charge is 2.42. The van der Waals surface area contributed by atoms with Crippen molar-refractivity contribution in [2.75, 3.05) is 38.0 Å². The highest BCUT2D eigenvalue weighted by atomic mass is 32.1. The van der Waals surface area contributed by atoms with Crippen LogP contribution in [0.15, 0.2) is 36.4 Å². The largest absolute Gasteiger partial charge is 0.379 e. The fraction of sp³-hybridized carbons (Fsp3) is 0.480. The van der Waals surface area contributed by atoms with E-state index < -0.39 is 11.6 Å². The van der Waals surface area contributed by atoms with Gasteiger partial charge in [-0.25, -0.2) is 4.79 Å². The zero-order chi connectivity index (χ0) is 25.0. The minimum absolute atomic E-state index is 0.136. The summed E-state index contributed by atoms with van der Waals surface area (Å²) < 4.78 is 0. The molecule has 4 rings (SSSR count). The maximum absolute atomic E-state index is 13.4. The first kappa shape index (κ1) is 25.2. The number of anilines is 1. The first-order valence-corrected chi connectivity index (χ1v) is 12.9. The van der Waals surface area contributed by atoms with Crippen molar-refractivity contribution in [1.82, 2.24) is 15.1 Å². The Hall–Kier alpha value is -2.95. The van der Waals surface area contributed by atoms with Gasteiger partial charge in [-0.1, -0.05) is 30.3 Å². The SMILES string of the molecule is CCNC(=O)C1(O)CCCN(C2CCN(C(=O)c3cc(-c4ccccc4)sc3NC(N)=O)CC2)C1. The van der Waals surface area contributed by atoms with Crippen LogP contribution < -0.4 is 16.4 Å². The number of thiophene rings is 1. The van der Waals surface area contributed by atoms with Crippen LogP contribution in [0.25, 0.3) is 10.4 Å². The first-order chi connectivity index (χ1) is 16.8. The van der Waals surface area contributed by atoms with Gasteiger partial charge in [0.25, 0.3) is 11.8 Å². The molecule has 5 N–H and O–H groups in total. The second kappa shape index (κ2) is 10.8. The number of carbonyl (C=O) groups excluding carboxylic acids is 3. The Balaban J connectivity index is 1.43. The number of aliphatic hydroxyl groups is 1. The molecule has 2 saturated heterocycles. The number of nitrogens with two attached hydrogens (primary N) is 1. The number of urea groups is 1. The average molecular weight is 500 g/mol. The summed E-state index contributed by atoms with van der Waals surface area (Å²) in [5.74, 6) is -0.443. The van der Waals surface area contributed by atoms with Crippen LogP contribution in [0.2, 0.25) is 0 Å². The van der Waals surface area contributed by atoms with Crippen LogP contribution in [0.3, 0.4) is 0 Å². The summed E-state index contributed by atoms with van der Waals surface area (Å²) in [5.41, 5.74) is 5.40. The average Bonchev–Trinajstić information content (AvgIpc) is 3.27. The molecule has 2 aromatic rings. The molecule has 3 heterocycles. The van der Waals surface area contributed by atoms with Crippen LogP contribution in [0, 0.1) is 0 Å². The molecule has 1 atom stereocenters. The van der Waals surface area contributed by atoms with Crippen LogP contribution >= 0.6 is 11.3 Å². The van der Waals surface area contributed by atoms with E-state index in [2.05, 4.69) is 15.5 Å². The van der Waals surface area contributed by atoms with E-state index >= 15 is 0 Å². The molecule has 0 aliphatic carbocycles. The lowest BCUT2D eigenvalue weighted by molar-refractivity contribution is -0.147. The zero-order valence-corrected chi connectivity index (χ0v) is 20.8. The molecule has 35 heavy (non-hydrogen) atoms. The maximum Gasteiger partial charge on any atom is 0.317 e. The second-order valence-corrected chi connectivity index (χ2v) is 10.2. The topological polar surface area (TPSA) is 128 Å². The van der Waals surface area contributed by atoms with Gasteiger partial charge in [-0.05, 0) is 50.8 Å². The van der Waals surface area contributed by atoms with Crippen molar-refractivity contribution in [2.45, 2.75) is 44.2 Å². The Bertz CT molecular complexity index is 1070. The van der Waals surface area contributed by atoms with Crippen LogP contribution in [-0.2, 0) is 4.79 Å². The van der Waals surface area contributed by atoms with E-state index in [1.165, 1.54) is 11.3 Å². The highest BCUT2D eigenvalue weighted by molar-refractivity contribution is 7.20. The van der Waals surface area contributed by atoms with Crippen molar-refractivity contribution in [3.8, 4) is 10.4 Å². The number of primary amides is 1. The van der Waals surface area contributed by atoms with E-state index in [0.717, 1.165) is 36.2 Å². The van der Waals surface area contributed by atoms with Crippen molar-refractivity contribution in [2.24, 2.45) is 5.73 Å². The third-order valence-electron chi connectivity index (χ3n) is 6.79. The molecule has 2 aliphatic rings. The Morgan fingerprint density at radius 3 is 2.54 bits per heavy atom. The lowest BCUT2D eigenvalue weighted by Crippen LogP contribution is -2.60. The standard InChI is InChI=1S/C25H33N5O4S/c1-2-27-23(32)25(34)11-6-12-30(16-25)18-9-13-29(14-10-18)22(31)19-15-20(17-7-4-3-5-8-17)35-21(19)28-24(26)33/h3-5,7-8,15,18,34H,2,6,9-14,16H2,1H3,(H,27,32)(H3,26,28,33). The minimum atomic E-state index is -1.36. The van der Waals surface area contributed by atoms with E-state index in [1.807, 2.05) is 43.3 Å². The van der Waals surface area contributed by atoms with Crippen molar-refractivity contribution in [1.29, 1.82) is 0 Å².